The Morgan fingerprint density at radius 3 is 2.60 bits per heavy atom. The molecule has 5 aromatic rings. The minimum Gasteiger partial charge on any atom is -0.493 e. The molecule has 3 aromatic carbocycles. The molecule has 218 valence electrons. The lowest BCUT2D eigenvalue weighted by Gasteiger charge is -2.28. The Bertz CT molecular complexity index is 1770. The molecule has 43 heavy (non-hydrogen) atoms. The molecule has 0 radical (unpaired) electrons. The molecular weight excluding hydrogens is 538 g/mol. The van der Waals surface area contributed by atoms with Crippen LogP contribution < -0.4 is 20.3 Å². The van der Waals surface area contributed by atoms with E-state index in [9.17, 15) is 4.79 Å². The molecule has 8 nitrogen and oxygen atoms in total. The van der Waals surface area contributed by atoms with E-state index in [0.717, 1.165) is 96.1 Å². The number of pyridine rings is 1. The van der Waals surface area contributed by atoms with E-state index >= 15 is 0 Å². The van der Waals surface area contributed by atoms with Gasteiger partial charge in [-0.2, -0.15) is 0 Å². The summed E-state index contributed by atoms with van der Waals surface area (Å²) in [5.41, 5.74) is 8.62. The van der Waals surface area contributed by atoms with Crippen LogP contribution in [0.1, 0.15) is 29.3 Å². The monoisotopic (exact) mass is 573 g/mol. The third kappa shape index (κ3) is 5.53. The molecular formula is C35H35N5O3. The molecule has 2 aliphatic heterocycles. The van der Waals surface area contributed by atoms with Gasteiger partial charge in [-0.3, -0.25) is 9.78 Å². The Labute approximate surface area is 251 Å². The van der Waals surface area contributed by atoms with E-state index in [2.05, 4.69) is 68.5 Å². The van der Waals surface area contributed by atoms with Crippen molar-refractivity contribution in [2.75, 3.05) is 48.4 Å². The average molecular weight is 574 g/mol. The number of aromatic nitrogens is 2. The van der Waals surface area contributed by atoms with Crippen molar-refractivity contribution in [2.45, 2.75) is 26.3 Å². The number of ether oxygens (including phenoxy) is 2. The fourth-order valence-electron chi connectivity index (χ4n) is 5.96. The highest BCUT2D eigenvalue weighted by Gasteiger charge is 2.21. The van der Waals surface area contributed by atoms with Gasteiger partial charge in [0.2, 0.25) is 0 Å². The van der Waals surface area contributed by atoms with Crippen LogP contribution in [0, 0.1) is 0 Å². The number of aryl methyl sites for hydroxylation is 1. The van der Waals surface area contributed by atoms with Crippen LogP contribution in [-0.4, -0.2) is 48.4 Å². The SMILES string of the molecule is CCCn1cc(-c2ccc3c(c2)Nc2ccc(CCOc4ccc(N5CCOCC5)cc4)cc2NC3=O)c2ccncc21. The van der Waals surface area contributed by atoms with Gasteiger partial charge in [-0.25, -0.2) is 0 Å². The number of hydrogen-bond donors (Lipinski definition) is 2. The smallest absolute Gasteiger partial charge is 0.257 e. The molecule has 0 bridgehead atoms. The number of rotatable bonds is 8. The van der Waals surface area contributed by atoms with E-state index in [1.54, 1.807) is 0 Å². The van der Waals surface area contributed by atoms with Gasteiger partial charge in [0.25, 0.3) is 5.91 Å². The average Bonchev–Trinajstić information content (AvgIpc) is 3.34. The van der Waals surface area contributed by atoms with Gasteiger partial charge >= 0.3 is 0 Å². The minimum absolute atomic E-state index is 0.126. The molecule has 4 heterocycles. The zero-order chi connectivity index (χ0) is 29.2. The van der Waals surface area contributed by atoms with E-state index in [-0.39, 0.29) is 5.91 Å². The van der Waals surface area contributed by atoms with Gasteiger partial charge in [0.1, 0.15) is 5.75 Å². The van der Waals surface area contributed by atoms with Crippen molar-refractivity contribution in [3.05, 3.63) is 96.4 Å². The quantitative estimate of drug-likeness (QED) is 0.211. The lowest BCUT2D eigenvalue weighted by atomic mass is 10.0. The van der Waals surface area contributed by atoms with E-state index in [0.29, 0.717) is 12.2 Å². The number of morpholine rings is 1. The van der Waals surface area contributed by atoms with Crippen LogP contribution in [0.15, 0.2) is 85.3 Å². The second-order valence-electron chi connectivity index (χ2n) is 11.0. The van der Waals surface area contributed by atoms with Crippen LogP contribution >= 0.6 is 0 Å². The maximum Gasteiger partial charge on any atom is 0.257 e. The maximum atomic E-state index is 13.3. The predicted octanol–water partition coefficient (Wildman–Crippen LogP) is 6.88. The topological polar surface area (TPSA) is 80.6 Å². The van der Waals surface area contributed by atoms with Crippen molar-refractivity contribution in [3.8, 4) is 16.9 Å². The van der Waals surface area contributed by atoms with E-state index in [1.807, 2.05) is 48.8 Å². The van der Waals surface area contributed by atoms with Gasteiger partial charge in [0.15, 0.2) is 0 Å². The molecule has 0 atom stereocenters. The van der Waals surface area contributed by atoms with Gasteiger partial charge in [-0.15, -0.1) is 0 Å². The second kappa shape index (κ2) is 11.8. The summed E-state index contributed by atoms with van der Waals surface area (Å²) in [5.74, 6) is 0.723. The molecule has 0 spiro atoms. The third-order valence-corrected chi connectivity index (χ3v) is 8.20. The molecule has 8 heteroatoms. The first-order chi connectivity index (χ1) is 21.2. The summed E-state index contributed by atoms with van der Waals surface area (Å²) in [7, 11) is 0. The Morgan fingerprint density at radius 1 is 0.907 bits per heavy atom. The molecule has 0 unspecified atom stereocenters. The van der Waals surface area contributed by atoms with E-state index in [4.69, 9.17) is 9.47 Å². The highest BCUT2D eigenvalue weighted by molar-refractivity contribution is 6.13. The number of amides is 1. The zero-order valence-corrected chi connectivity index (χ0v) is 24.3. The number of nitrogens with one attached hydrogen (secondary N) is 2. The summed E-state index contributed by atoms with van der Waals surface area (Å²) in [6.07, 6.45) is 7.71. The lowest BCUT2D eigenvalue weighted by molar-refractivity contribution is 0.102. The Balaban J connectivity index is 1.06. The van der Waals surface area contributed by atoms with Crippen LogP contribution in [-0.2, 0) is 17.7 Å². The summed E-state index contributed by atoms with van der Waals surface area (Å²) < 4.78 is 13.7. The standard InChI is InChI=1S/C35H35N5O3/c1-2-14-40-23-30(28-11-13-36-22-34(28)40)25-4-9-29-32(21-25)37-31-10-3-24(20-33(31)38-35(29)41)12-17-43-27-7-5-26(6-8-27)39-15-18-42-19-16-39/h3-11,13,20-23,37H,2,12,14-19H2,1H3,(H,38,41). The van der Waals surface area contributed by atoms with Crippen molar-refractivity contribution in [3.63, 3.8) is 0 Å². The summed E-state index contributed by atoms with van der Waals surface area (Å²) >= 11 is 0. The van der Waals surface area contributed by atoms with Crippen molar-refractivity contribution in [1.29, 1.82) is 0 Å². The molecule has 0 saturated carbocycles. The Morgan fingerprint density at radius 2 is 1.77 bits per heavy atom. The van der Waals surface area contributed by atoms with Gasteiger partial charge in [0, 0.05) is 55.1 Å². The van der Waals surface area contributed by atoms with Gasteiger partial charge < -0.3 is 29.6 Å². The van der Waals surface area contributed by atoms with E-state index < -0.39 is 0 Å². The zero-order valence-electron chi connectivity index (χ0n) is 24.3. The normalized spacial score (nSPS) is 14.4. The summed E-state index contributed by atoms with van der Waals surface area (Å²) in [6, 6.07) is 22.5. The fourth-order valence-corrected chi connectivity index (χ4v) is 5.96. The summed E-state index contributed by atoms with van der Waals surface area (Å²) in [6.45, 7) is 7.01. The number of nitrogens with zero attached hydrogens (tertiary/aromatic N) is 3. The van der Waals surface area contributed by atoms with Crippen LogP contribution in [0.25, 0.3) is 22.0 Å². The first-order valence-corrected chi connectivity index (χ1v) is 15.0. The van der Waals surface area contributed by atoms with Crippen molar-refractivity contribution >= 4 is 39.6 Å². The van der Waals surface area contributed by atoms with E-state index in [1.165, 1.54) is 5.69 Å². The van der Waals surface area contributed by atoms with Crippen molar-refractivity contribution in [1.82, 2.24) is 9.55 Å². The van der Waals surface area contributed by atoms with Crippen molar-refractivity contribution in [2.24, 2.45) is 0 Å². The van der Waals surface area contributed by atoms with Crippen molar-refractivity contribution < 1.29 is 14.3 Å². The third-order valence-electron chi connectivity index (χ3n) is 8.20. The van der Waals surface area contributed by atoms with Crippen LogP contribution in [0.4, 0.5) is 22.7 Å². The molecule has 2 aromatic heterocycles. The Hall–Kier alpha value is -4.82. The van der Waals surface area contributed by atoms with Crippen LogP contribution in [0.3, 0.4) is 0 Å². The highest BCUT2D eigenvalue weighted by atomic mass is 16.5. The molecule has 1 saturated heterocycles. The second-order valence-corrected chi connectivity index (χ2v) is 11.0. The molecule has 0 aliphatic carbocycles. The van der Waals surface area contributed by atoms with Gasteiger partial charge in [-0.1, -0.05) is 19.1 Å². The highest BCUT2D eigenvalue weighted by Crippen LogP contribution is 2.37. The minimum atomic E-state index is -0.126. The number of benzene rings is 3. The molecule has 2 aliphatic rings. The van der Waals surface area contributed by atoms with Gasteiger partial charge in [-0.05, 0) is 72.1 Å². The van der Waals surface area contributed by atoms with Crippen LogP contribution in [0.5, 0.6) is 5.75 Å². The largest absolute Gasteiger partial charge is 0.493 e. The molecule has 2 N–H and O–H groups in total. The predicted molar refractivity (Wildman–Crippen MR) is 172 cm³/mol. The first-order valence-electron chi connectivity index (χ1n) is 15.0. The van der Waals surface area contributed by atoms with Crippen LogP contribution in [0.2, 0.25) is 0 Å². The summed E-state index contributed by atoms with van der Waals surface area (Å²) in [4.78, 5) is 19.9. The Kier molecular flexibility index (Phi) is 7.43. The number of anilines is 4. The molecule has 1 amide bonds. The molecule has 1 fully saturated rings. The number of carbonyl (C=O) groups excluding carboxylic acids is 1. The maximum absolute atomic E-state index is 13.3. The summed E-state index contributed by atoms with van der Waals surface area (Å²) in [5, 5.41) is 7.78. The van der Waals surface area contributed by atoms with Gasteiger partial charge in [0.05, 0.1) is 54.2 Å². The number of fused-ring (bicyclic) bond motifs is 3. The molecule has 7 rings (SSSR count). The lowest BCUT2D eigenvalue weighted by Crippen LogP contribution is -2.36. The fraction of sp³-hybridized carbons (Fsp3) is 0.257. The first kappa shape index (κ1) is 27.0. The number of carbonyl (C=O) groups is 1. The number of hydrogen-bond acceptors (Lipinski definition) is 6.